The van der Waals surface area contributed by atoms with E-state index in [9.17, 15) is 4.79 Å². The fourth-order valence-corrected chi connectivity index (χ4v) is 2.75. The highest BCUT2D eigenvalue weighted by atomic mass is 16.1. The molecular formula is C19H27N3O. The Balaban J connectivity index is 1.91. The molecule has 2 aromatic rings. The summed E-state index contributed by atoms with van der Waals surface area (Å²) < 4.78 is 0. The topological polar surface area (TPSA) is 81.1 Å². The summed E-state index contributed by atoms with van der Waals surface area (Å²) in [6.45, 7) is 1.13. The Kier molecular flexibility index (Phi) is 7.04. The molecule has 124 valence electrons. The normalized spacial score (nSPS) is 12.3. The van der Waals surface area contributed by atoms with Gasteiger partial charge in [-0.1, -0.05) is 49.2 Å². The largest absolute Gasteiger partial charge is 0.348 e. The molecule has 23 heavy (non-hydrogen) atoms. The van der Waals surface area contributed by atoms with Crippen molar-refractivity contribution in [1.29, 1.82) is 0 Å². The van der Waals surface area contributed by atoms with E-state index in [4.69, 9.17) is 11.5 Å². The van der Waals surface area contributed by atoms with E-state index in [0.29, 0.717) is 13.0 Å². The Hall–Kier alpha value is -1.91. The van der Waals surface area contributed by atoms with Crippen LogP contribution < -0.4 is 16.8 Å². The monoisotopic (exact) mass is 313 g/mol. The molecule has 0 bridgehead atoms. The first-order chi connectivity index (χ1) is 11.2. The molecule has 4 heteroatoms. The minimum Gasteiger partial charge on any atom is -0.348 e. The lowest BCUT2D eigenvalue weighted by Gasteiger charge is -2.18. The van der Waals surface area contributed by atoms with Crippen LogP contribution >= 0.6 is 0 Å². The third kappa shape index (κ3) is 5.34. The summed E-state index contributed by atoms with van der Waals surface area (Å²) in [5, 5.41) is 5.41. The first kappa shape index (κ1) is 17.4. The van der Waals surface area contributed by atoms with Gasteiger partial charge >= 0.3 is 0 Å². The van der Waals surface area contributed by atoms with Crippen LogP contribution in [0, 0.1) is 0 Å². The molecule has 4 nitrogen and oxygen atoms in total. The van der Waals surface area contributed by atoms with Crippen molar-refractivity contribution < 1.29 is 4.79 Å². The first-order valence-corrected chi connectivity index (χ1v) is 8.43. The molecule has 0 radical (unpaired) electrons. The number of carbonyl (C=O) groups is 1. The number of nitrogens with two attached hydrogens (primary N) is 2. The number of carbonyl (C=O) groups excluding carboxylic acids is 1. The van der Waals surface area contributed by atoms with Gasteiger partial charge in [-0.05, 0) is 41.8 Å². The van der Waals surface area contributed by atoms with Gasteiger partial charge in [0, 0.05) is 13.0 Å². The highest BCUT2D eigenvalue weighted by Crippen LogP contribution is 2.20. The Bertz CT molecular complexity index is 627. The minimum atomic E-state index is -0.129. The SMILES string of the molecule is NCCCCCCC(=O)NC(CN)c1ccc2ccccc2c1. The Labute approximate surface area is 138 Å². The molecule has 0 fully saturated rings. The van der Waals surface area contributed by atoms with E-state index in [0.717, 1.165) is 37.8 Å². The summed E-state index contributed by atoms with van der Waals surface area (Å²) in [5.41, 5.74) is 12.4. The third-order valence-corrected chi connectivity index (χ3v) is 4.10. The van der Waals surface area contributed by atoms with E-state index in [1.807, 2.05) is 18.2 Å². The molecule has 0 saturated heterocycles. The predicted molar refractivity (Wildman–Crippen MR) is 96.0 cm³/mol. The van der Waals surface area contributed by atoms with Gasteiger partial charge < -0.3 is 16.8 Å². The van der Waals surface area contributed by atoms with Gasteiger partial charge in [-0.3, -0.25) is 4.79 Å². The number of fused-ring (bicyclic) bond motifs is 1. The van der Waals surface area contributed by atoms with Gasteiger partial charge in [0.05, 0.1) is 6.04 Å². The molecule has 1 unspecified atom stereocenters. The quantitative estimate of drug-likeness (QED) is 0.623. The zero-order valence-corrected chi connectivity index (χ0v) is 13.6. The third-order valence-electron chi connectivity index (χ3n) is 4.10. The molecule has 0 spiro atoms. The number of unbranched alkanes of at least 4 members (excludes halogenated alkanes) is 3. The van der Waals surface area contributed by atoms with E-state index < -0.39 is 0 Å². The minimum absolute atomic E-state index is 0.0707. The van der Waals surface area contributed by atoms with E-state index in [1.165, 1.54) is 10.8 Å². The van der Waals surface area contributed by atoms with Crippen molar-refractivity contribution in [3.8, 4) is 0 Å². The Morgan fingerprint density at radius 3 is 2.43 bits per heavy atom. The van der Waals surface area contributed by atoms with E-state index in [-0.39, 0.29) is 11.9 Å². The molecule has 0 aromatic heterocycles. The fourth-order valence-electron chi connectivity index (χ4n) is 2.75. The first-order valence-electron chi connectivity index (χ1n) is 8.43. The maximum Gasteiger partial charge on any atom is 0.220 e. The summed E-state index contributed by atoms with van der Waals surface area (Å²) in [5.74, 6) is 0.0707. The average molecular weight is 313 g/mol. The second-order valence-corrected chi connectivity index (χ2v) is 5.92. The lowest BCUT2D eigenvalue weighted by molar-refractivity contribution is -0.121. The molecule has 2 rings (SSSR count). The summed E-state index contributed by atoms with van der Waals surface area (Å²) in [6.07, 6.45) is 4.63. The van der Waals surface area contributed by atoms with Crippen LogP contribution in [0.1, 0.15) is 43.7 Å². The Morgan fingerprint density at radius 2 is 1.70 bits per heavy atom. The molecule has 0 aliphatic heterocycles. The number of hydrogen-bond acceptors (Lipinski definition) is 3. The molecule has 0 aliphatic carbocycles. The highest BCUT2D eigenvalue weighted by Gasteiger charge is 2.13. The molecule has 0 aliphatic rings. The van der Waals surface area contributed by atoms with Gasteiger partial charge in [0.1, 0.15) is 0 Å². The Morgan fingerprint density at radius 1 is 0.957 bits per heavy atom. The van der Waals surface area contributed by atoms with Crippen LogP contribution in [-0.4, -0.2) is 19.0 Å². The standard InChI is InChI=1S/C19H27N3O/c20-12-6-2-1-3-9-19(23)22-18(14-21)17-11-10-15-7-4-5-8-16(15)13-17/h4-5,7-8,10-11,13,18H,1-3,6,9,12,14,20-21H2,(H,22,23). The number of nitrogens with one attached hydrogen (secondary N) is 1. The second kappa shape index (κ2) is 9.28. The van der Waals surface area contributed by atoms with E-state index in [1.54, 1.807) is 0 Å². The van der Waals surface area contributed by atoms with Crippen LogP contribution in [-0.2, 0) is 4.79 Å². The maximum absolute atomic E-state index is 12.1. The zero-order chi connectivity index (χ0) is 16.5. The van der Waals surface area contributed by atoms with Crippen molar-refractivity contribution in [2.24, 2.45) is 11.5 Å². The summed E-state index contributed by atoms with van der Waals surface area (Å²) in [6, 6.07) is 14.3. The average Bonchev–Trinajstić information content (AvgIpc) is 2.59. The van der Waals surface area contributed by atoms with Crippen LogP contribution in [0.4, 0.5) is 0 Å². The summed E-state index contributed by atoms with van der Waals surface area (Å²) in [7, 11) is 0. The molecule has 0 heterocycles. The van der Waals surface area contributed by atoms with Crippen molar-refractivity contribution in [2.45, 2.75) is 38.1 Å². The number of amides is 1. The van der Waals surface area contributed by atoms with Gasteiger partial charge in [-0.25, -0.2) is 0 Å². The molecule has 5 N–H and O–H groups in total. The van der Waals surface area contributed by atoms with Crippen LogP contribution in [0.15, 0.2) is 42.5 Å². The number of benzene rings is 2. The summed E-state index contributed by atoms with van der Waals surface area (Å²) >= 11 is 0. The predicted octanol–water partition coefficient (Wildman–Crippen LogP) is 2.87. The van der Waals surface area contributed by atoms with Crippen molar-refractivity contribution in [3.63, 3.8) is 0 Å². The van der Waals surface area contributed by atoms with Crippen molar-refractivity contribution >= 4 is 16.7 Å². The zero-order valence-electron chi connectivity index (χ0n) is 13.6. The van der Waals surface area contributed by atoms with Crippen LogP contribution in [0.3, 0.4) is 0 Å². The van der Waals surface area contributed by atoms with Gasteiger partial charge in [-0.2, -0.15) is 0 Å². The lowest BCUT2D eigenvalue weighted by atomic mass is 10.0. The fraction of sp³-hybridized carbons (Fsp3) is 0.421. The van der Waals surface area contributed by atoms with Crippen LogP contribution in [0.25, 0.3) is 10.8 Å². The molecule has 1 atom stereocenters. The van der Waals surface area contributed by atoms with Crippen LogP contribution in [0.5, 0.6) is 0 Å². The van der Waals surface area contributed by atoms with E-state index >= 15 is 0 Å². The number of rotatable bonds is 9. The van der Waals surface area contributed by atoms with Crippen molar-refractivity contribution in [3.05, 3.63) is 48.0 Å². The van der Waals surface area contributed by atoms with Gasteiger partial charge in [0.15, 0.2) is 0 Å². The van der Waals surface area contributed by atoms with Gasteiger partial charge in [0.25, 0.3) is 0 Å². The van der Waals surface area contributed by atoms with Gasteiger partial charge in [-0.15, -0.1) is 0 Å². The smallest absolute Gasteiger partial charge is 0.220 e. The van der Waals surface area contributed by atoms with Crippen molar-refractivity contribution in [1.82, 2.24) is 5.32 Å². The van der Waals surface area contributed by atoms with Crippen LogP contribution in [0.2, 0.25) is 0 Å². The number of hydrogen-bond donors (Lipinski definition) is 3. The van der Waals surface area contributed by atoms with Crippen molar-refractivity contribution in [2.75, 3.05) is 13.1 Å². The molecule has 2 aromatic carbocycles. The van der Waals surface area contributed by atoms with E-state index in [2.05, 4.69) is 29.6 Å². The van der Waals surface area contributed by atoms with Gasteiger partial charge in [0.2, 0.25) is 5.91 Å². The summed E-state index contributed by atoms with van der Waals surface area (Å²) in [4.78, 5) is 12.1. The second-order valence-electron chi connectivity index (χ2n) is 5.92. The molecule has 1 amide bonds. The lowest BCUT2D eigenvalue weighted by Crippen LogP contribution is -2.33. The molecular weight excluding hydrogens is 286 g/mol. The highest BCUT2D eigenvalue weighted by molar-refractivity contribution is 5.83. The molecule has 0 saturated carbocycles. The maximum atomic E-state index is 12.1.